The van der Waals surface area contributed by atoms with E-state index >= 15 is 0 Å². The van der Waals surface area contributed by atoms with Crippen LogP contribution in [0.15, 0.2) is 0 Å². The van der Waals surface area contributed by atoms with Gasteiger partial charge in [-0.3, -0.25) is 14.5 Å². The van der Waals surface area contributed by atoms with E-state index in [1.807, 2.05) is 0 Å². The highest BCUT2D eigenvalue weighted by Crippen LogP contribution is 2.24. The highest BCUT2D eigenvalue weighted by atomic mass is 16.5. The van der Waals surface area contributed by atoms with Gasteiger partial charge in [-0.15, -0.1) is 0 Å². The van der Waals surface area contributed by atoms with Gasteiger partial charge in [-0.25, -0.2) is 0 Å². The Hall–Kier alpha value is -1.14. The van der Waals surface area contributed by atoms with Gasteiger partial charge < -0.3 is 15.4 Å². The summed E-state index contributed by atoms with van der Waals surface area (Å²) >= 11 is 0. The number of esters is 1. The number of carbonyl (C=O) groups excluding carboxylic acids is 2. The molecule has 0 aromatic rings. The van der Waals surface area contributed by atoms with E-state index in [0.717, 1.165) is 45.3 Å². The number of methoxy groups -OCH3 is 1. The van der Waals surface area contributed by atoms with Crippen molar-refractivity contribution in [2.75, 3.05) is 33.3 Å². The SMILES string of the molecule is COC(=O)CCCNC(=O)C1CCCN1C1CCNCC1. The number of carbonyl (C=O) groups is 2. The highest BCUT2D eigenvalue weighted by Gasteiger charge is 2.35. The lowest BCUT2D eigenvalue weighted by Gasteiger charge is -2.35. The first kappa shape index (κ1) is 16.2. The Morgan fingerprint density at radius 1 is 1.29 bits per heavy atom. The lowest BCUT2D eigenvalue weighted by Crippen LogP contribution is -2.50. The molecule has 0 aromatic heterocycles. The van der Waals surface area contributed by atoms with Crippen LogP contribution in [0.25, 0.3) is 0 Å². The summed E-state index contributed by atoms with van der Waals surface area (Å²) in [4.78, 5) is 25.7. The van der Waals surface area contributed by atoms with Gasteiger partial charge in [0.05, 0.1) is 13.2 Å². The lowest BCUT2D eigenvalue weighted by molar-refractivity contribution is -0.140. The third-order valence-corrected chi connectivity index (χ3v) is 4.46. The normalized spacial score (nSPS) is 24.0. The van der Waals surface area contributed by atoms with E-state index in [1.54, 1.807) is 0 Å². The number of nitrogens with zero attached hydrogens (tertiary/aromatic N) is 1. The largest absolute Gasteiger partial charge is 0.469 e. The van der Waals surface area contributed by atoms with E-state index in [2.05, 4.69) is 20.3 Å². The molecule has 1 amide bonds. The molecule has 2 aliphatic heterocycles. The summed E-state index contributed by atoms with van der Waals surface area (Å²) in [7, 11) is 1.39. The maximum Gasteiger partial charge on any atom is 0.305 e. The molecule has 0 spiro atoms. The number of likely N-dealkylation sites (tertiary alicyclic amines) is 1. The molecule has 2 aliphatic rings. The average molecular weight is 297 g/mol. The average Bonchev–Trinajstić information content (AvgIpc) is 3.01. The molecule has 120 valence electrons. The number of hydrogen-bond donors (Lipinski definition) is 2. The van der Waals surface area contributed by atoms with Crippen LogP contribution in [0.2, 0.25) is 0 Å². The zero-order valence-electron chi connectivity index (χ0n) is 12.9. The first-order valence-electron chi connectivity index (χ1n) is 8.03. The van der Waals surface area contributed by atoms with Crippen LogP contribution in [0, 0.1) is 0 Å². The second-order valence-electron chi connectivity index (χ2n) is 5.85. The van der Waals surface area contributed by atoms with Crippen molar-refractivity contribution in [2.24, 2.45) is 0 Å². The van der Waals surface area contributed by atoms with Crippen molar-refractivity contribution in [3.05, 3.63) is 0 Å². The second kappa shape index (κ2) is 8.34. The summed E-state index contributed by atoms with van der Waals surface area (Å²) in [5.41, 5.74) is 0. The van der Waals surface area contributed by atoms with Gasteiger partial charge in [-0.2, -0.15) is 0 Å². The Labute approximate surface area is 126 Å². The third-order valence-electron chi connectivity index (χ3n) is 4.46. The minimum atomic E-state index is -0.221. The molecule has 0 radical (unpaired) electrons. The van der Waals surface area contributed by atoms with Crippen molar-refractivity contribution >= 4 is 11.9 Å². The molecule has 2 rings (SSSR count). The number of nitrogens with one attached hydrogen (secondary N) is 2. The fourth-order valence-electron chi connectivity index (χ4n) is 3.31. The topological polar surface area (TPSA) is 70.7 Å². The summed E-state index contributed by atoms with van der Waals surface area (Å²) in [6.45, 7) is 3.68. The van der Waals surface area contributed by atoms with E-state index < -0.39 is 0 Å². The number of amides is 1. The summed E-state index contributed by atoms with van der Waals surface area (Å²) < 4.78 is 4.59. The van der Waals surface area contributed by atoms with Gasteiger partial charge in [0.15, 0.2) is 0 Å². The number of rotatable bonds is 6. The van der Waals surface area contributed by atoms with Crippen LogP contribution in [0.4, 0.5) is 0 Å². The molecule has 0 bridgehead atoms. The molecule has 6 heteroatoms. The van der Waals surface area contributed by atoms with Crippen LogP contribution >= 0.6 is 0 Å². The van der Waals surface area contributed by atoms with Gasteiger partial charge in [-0.05, 0) is 51.7 Å². The summed E-state index contributed by atoms with van der Waals surface area (Å²) in [5, 5.41) is 6.34. The Bertz CT molecular complexity index is 356. The molecule has 1 atom stereocenters. The Kier molecular flexibility index (Phi) is 6.45. The van der Waals surface area contributed by atoms with Gasteiger partial charge in [-0.1, -0.05) is 0 Å². The molecule has 0 aliphatic carbocycles. The second-order valence-corrected chi connectivity index (χ2v) is 5.85. The van der Waals surface area contributed by atoms with E-state index in [1.165, 1.54) is 7.11 Å². The Morgan fingerprint density at radius 2 is 2.05 bits per heavy atom. The predicted molar refractivity (Wildman–Crippen MR) is 79.9 cm³/mol. The first-order chi connectivity index (χ1) is 10.2. The Morgan fingerprint density at radius 3 is 2.76 bits per heavy atom. The summed E-state index contributed by atoms with van der Waals surface area (Å²) in [5.74, 6) is -0.0997. The van der Waals surface area contributed by atoms with Crippen molar-refractivity contribution in [2.45, 2.75) is 50.6 Å². The third kappa shape index (κ3) is 4.68. The van der Waals surface area contributed by atoms with E-state index in [-0.39, 0.29) is 17.9 Å². The van der Waals surface area contributed by atoms with E-state index in [0.29, 0.717) is 25.4 Å². The van der Waals surface area contributed by atoms with Crippen molar-refractivity contribution in [3.63, 3.8) is 0 Å². The van der Waals surface area contributed by atoms with Gasteiger partial charge in [0, 0.05) is 19.0 Å². The fourth-order valence-corrected chi connectivity index (χ4v) is 3.31. The molecular weight excluding hydrogens is 270 g/mol. The van der Waals surface area contributed by atoms with Crippen molar-refractivity contribution in [1.29, 1.82) is 0 Å². The molecule has 2 saturated heterocycles. The molecule has 2 fully saturated rings. The minimum absolute atomic E-state index is 0.0197. The maximum absolute atomic E-state index is 12.3. The van der Waals surface area contributed by atoms with Gasteiger partial charge in [0.1, 0.15) is 0 Å². The van der Waals surface area contributed by atoms with Gasteiger partial charge >= 0.3 is 5.97 Å². The van der Waals surface area contributed by atoms with Crippen molar-refractivity contribution in [3.8, 4) is 0 Å². The standard InChI is InChI=1S/C15H27N3O3/c1-21-14(19)5-2-8-17-15(20)13-4-3-11-18(13)12-6-9-16-10-7-12/h12-13,16H,2-11H2,1H3,(H,17,20). The monoisotopic (exact) mass is 297 g/mol. The molecule has 2 N–H and O–H groups in total. The lowest BCUT2D eigenvalue weighted by atomic mass is 10.0. The fraction of sp³-hybridized carbons (Fsp3) is 0.867. The minimum Gasteiger partial charge on any atom is -0.469 e. The van der Waals surface area contributed by atoms with E-state index in [9.17, 15) is 9.59 Å². The van der Waals surface area contributed by atoms with E-state index in [4.69, 9.17) is 0 Å². The van der Waals surface area contributed by atoms with Crippen LogP contribution in [-0.2, 0) is 14.3 Å². The number of hydrogen-bond acceptors (Lipinski definition) is 5. The molecule has 1 unspecified atom stereocenters. The predicted octanol–water partition coefficient (Wildman–Crippen LogP) is 0.272. The maximum atomic E-state index is 12.3. The quantitative estimate of drug-likeness (QED) is 0.544. The number of piperidine rings is 1. The molecule has 0 saturated carbocycles. The first-order valence-corrected chi connectivity index (χ1v) is 8.03. The Balaban J connectivity index is 1.73. The summed E-state index contributed by atoms with van der Waals surface area (Å²) in [6.07, 6.45) is 5.31. The number of ether oxygens (including phenoxy) is 1. The van der Waals surface area contributed by atoms with Crippen molar-refractivity contribution in [1.82, 2.24) is 15.5 Å². The molecule has 21 heavy (non-hydrogen) atoms. The van der Waals surface area contributed by atoms with Gasteiger partial charge in [0.2, 0.25) is 5.91 Å². The van der Waals surface area contributed by atoms with Crippen LogP contribution in [-0.4, -0.2) is 62.1 Å². The molecular formula is C15H27N3O3. The van der Waals surface area contributed by atoms with Gasteiger partial charge in [0.25, 0.3) is 0 Å². The zero-order valence-corrected chi connectivity index (χ0v) is 12.9. The molecule has 2 heterocycles. The highest BCUT2D eigenvalue weighted by molar-refractivity contribution is 5.82. The van der Waals surface area contributed by atoms with Crippen molar-refractivity contribution < 1.29 is 14.3 Å². The summed E-state index contributed by atoms with van der Waals surface area (Å²) in [6, 6.07) is 0.561. The van der Waals surface area contributed by atoms with Crippen LogP contribution < -0.4 is 10.6 Å². The molecule has 0 aromatic carbocycles. The smallest absolute Gasteiger partial charge is 0.305 e. The van der Waals surface area contributed by atoms with Crippen LogP contribution in [0.1, 0.15) is 38.5 Å². The van der Waals surface area contributed by atoms with Crippen LogP contribution in [0.3, 0.4) is 0 Å². The zero-order chi connectivity index (χ0) is 15.1. The van der Waals surface area contributed by atoms with Crippen LogP contribution in [0.5, 0.6) is 0 Å². The molecule has 6 nitrogen and oxygen atoms in total.